The van der Waals surface area contributed by atoms with E-state index in [4.69, 9.17) is 8.83 Å². The molecule has 0 aliphatic carbocycles. The highest BCUT2D eigenvalue weighted by Gasteiger charge is 2.25. The van der Waals surface area contributed by atoms with Crippen LogP contribution in [0.25, 0.3) is 11.0 Å². The van der Waals surface area contributed by atoms with Gasteiger partial charge in [-0.2, -0.15) is 0 Å². The maximum Gasteiger partial charge on any atom is 0.191 e. The molecule has 1 fully saturated rings. The van der Waals surface area contributed by atoms with Crippen molar-refractivity contribution >= 4 is 16.9 Å². The van der Waals surface area contributed by atoms with E-state index in [1.54, 1.807) is 13.3 Å². The molecule has 1 unspecified atom stereocenters. The summed E-state index contributed by atoms with van der Waals surface area (Å²) in [6, 6.07) is 14.3. The van der Waals surface area contributed by atoms with Crippen LogP contribution in [-0.4, -0.2) is 37.5 Å². The van der Waals surface area contributed by atoms with E-state index in [1.807, 2.05) is 24.3 Å². The Kier molecular flexibility index (Phi) is 5.44. The largest absolute Gasteiger partial charge is 0.468 e. The number of para-hydroxylation sites is 1. The Morgan fingerprint density at radius 1 is 1.15 bits per heavy atom. The van der Waals surface area contributed by atoms with Gasteiger partial charge in [-0.1, -0.05) is 18.2 Å². The van der Waals surface area contributed by atoms with Crippen molar-refractivity contribution in [2.45, 2.75) is 25.4 Å². The Balaban J connectivity index is 1.36. The van der Waals surface area contributed by atoms with Crippen LogP contribution in [0.1, 0.15) is 30.4 Å². The lowest BCUT2D eigenvalue weighted by Crippen LogP contribution is -2.42. The number of guanidine groups is 1. The molecule has 3 aromatic rings. The van der Waals surface area contributed by atoms with Crippen LogP contribution >= 0.6 is 0 Å². The van der Waals surface area contributed by atoms with Crippen LogP contribution in [-0.2, 0) is 6.54 Å². The fraction of sp³-hybridized carbons (Fsp3) is 0.381. The molecule has 0 bridgehead atoms. The molecule has 4 rings (SSSR count). The molecule has 0 amide bonds. The van der Waals surface area contributed by atoms with E-state index in [9.17, 15) is 0 Å². The number of aliphatic imine (C=N–C) groups is 1. The maximum atomic E-state index is 5.86. The van der Waals surface area contributed by atoms with Gasteiger partial charge in [0.05, 0.1) is 18.8 Å². The van der Waals surface area contributed by atoms with Gasteiger partial charge in [-0.25, -0.2) is 0 Å². The van der Waals surface area contributed by atoms with Crippen molar-refractivity contribution in [3.05, 3.63) is 60.2 Å². The van der Waals surface area contributed by atoms with E-state index in [0.717, 1.165) is 48.1 Å². The quantitative estimate of drug-likeness (QED) is 0.516. The van der Waals surface area contributed by atoms with E-state index in [0.29, 0.717) is 6.54 Å². The summed E-state index contributed by atoms with van der Waals surface area (Å²) >= 11 is 0. The molecule has 142 valence electrons. The predicted molar refractivity (Wildman–Crippen MR) is 107 cm³/mol. The predicted octanol–water partition coefficient (Wildman–Crippen LogP) is 3.53. The highest BCUT2D eigenvalue weighted by Crippen LogP contribution is 2.25. The summed E-state index contributed by atoms with van der Waals surface area (Å²) in [5, 5.41) is 7.88. The van der Waals surface area contributed by atoms with Crippen molar-refractivity contribution in [2.75, 3.05) is 26.7 Å². The monoisotopic (exact) mass is 366 g/mol. The highest BCUT2D eigenvalue weighted by atomic mass is 16.3. The molecule has 1 saturated heterocycles. The Morgan fingerprint density at radius 2 is 2.00 bits per heavy atom. The first-order valence-electron chi connectivity index (χ1n) is 9.53. The molecular weight excluding hydrogens is 340 g/mol. The average Bonchev–Trinajstić information content (AvgIpc) is 3.46. The molecule has 2 N–H and O–H groups in total. The second-order valence-corrected chi connectivity index (χ2v) is 6.83. The van der Waals surface area contributed by atoms with Crippen LogP contribution in [0.3, 0.4) is 0 Å². The zero-order valence-corrected chi connectivity index (χ0v) is 15.6. The topological polar surface area (TPSA) is 65.9 Å². The van der Waals surface area contributed by atoms with Crippen molar-refractivity contribution in [3.8, 4) is 0 Å². The van der Waals surface area contributed by atoms with E-state index < -0.39 is 0 Å². The normalized spacial score (nSPS) is 16.7. The molecule has 1 aliphatic heterocycles. The van der Waals surface area contributed by atoms with Gasteiger partial charge < -0.3 is 19.5 Å². The number of likely N-dealkylation sites (tertiary alicyclic amines) is 1. The number of hydrogen-bond donors (Lipinski definition) is 2. The average molecular weight is 366 g/mol. The summed E-state index contributed by atoms with van der Waals surface area (Å²) in [7, 11) is 1.78. The second-order valence-electron chi connectivity index (χ2n) is 6.83. The van der Waals surface area contributed by atoms with Gasteiger partial charge in [-0.05, 0) is 50.2 Å². The third kappa shape index (κ3) is 4.17. The van der Waals surface area contributed by atoms with Gasteiger partial charge in [0.1, 0.15) is 17.1 Å². The van der Waals surface area contributed by atoms with E-state index >= 15 is 0 Å². The van der Waals surface area contributed by atoms with Crippen molar-refractivity contribution in [1.82, 2.24) is 15.5 Å². The second kappa shape index (κ2) is 8.31. The molecule has 0 saturated carbocycles. The number of benzene rings is 1. The molecule has 2 aromatic heterocycles. The van der Waals surface area contributed by atoms with Gasteiger partial charge in [-0.3, -0.25) is 9.89 Å². The SMILES string of the molecule is CN=C(NCc1cc2ccccc2o1)NCC(c1ccco1)N1CCCC1. The smallest absolute Gasteiger partial charge is 0.191 e. The van der Waals surface area contributed by atoms with Gasteiger partial charge in [0.2, 0.25) is 0 Å². The zero-order valence-electron chi connectivity index (χ0n) is 15.6. The van der Waals surface area contributed by atoms with Crippen molar-refractivity contribution < 1.29 is 8.83 Å². The number of nitrogens with zero attached hydrogens (tertiary/aromatic N) is 2. The van der Waals surface area contributed by atoms with Crippen LogP contribution < -0.4 is 10.6 Å². The molecule has 0 radical (unpaired) electrons. The highest BCUT2D eigenvalue weighted by molar-refractivity contribution is 5.80. The van der Waals surface area contributed by atoms with E-state index in [1.165, 1.54) is 12.8 Å². The third-order valence-corrected chi connectivity index (χ3v) is 5.05. The summed E-state index contributed by atoms with van der Waals surface area (Å²) in [6.45, 7) is 3.55. The zero-order chi connectivity index (χ0) is 18.5. The first-order valence-corrected chi connectivity index (χ1v) is 9.53. The number of fused-ring (bicyclic) bond motifs is 1. The molecule has 1 atom stereocenters. The van der Waals surface area contributed by atoms with Crippen molar-refractivity contribution in [2.24, 2.45) is 4.99 Å². The fourth-order valence-electron chi connectivity index (χ4n) is 3.65. The maximum absolute atomic E-state index is 5.86. The summed E-state index contributed by atoms with van der Waals surface area (Å²) in [5.41, 5.74) is 0.907. The first-order chi connectivity index (χ1) is 13.3. The van der Waals surface area contributed by atoms with Gasteiger partial charge in [0, 0.05) is 19.0 Å². The molecule has 27 heavy (non-hydrogen) atoms. The van der Waals surface area contributed by atoms with Crippen molar-refractivity contribution in [1.29, 1.82) is 0 Å². The summed E-state index contributed by atoms with van der Waals surface area (Å²) in [6.07, 6.45) is 4.24. The lowest BCUT2D eigenvalue weighted by molar-refractivity contribution is 0.215. The molecular formula is C21H26N4O2. The van der Waals surface area contributed by atoms with Crippen LogP contribution in [0.2, 0.25) is 0 Å². The molecule has 1 aliphatic rings. The van der Waals surface area contributed by atoms with Gasteiger partial charge in [-0.15, -0.1) is 0 Å². The number of hydrogen-bond acceptors (Lipinski definition) is 4. The minimum atomic E-state index is 0.215. The van der Waals surface area contributed by atoms with Crippen LogP contribution in [0.4, 0.5) is 0 Å². The lowest BCUT2D eigenvalue weighted by atomic mass is 10.2. The van der Waals surface area contributed by atoms with Gasteiger partial charge >= 0.3 is 0 Å². The molecule has 0 spiro atoms. The standard InChI is InChI=1S/C21H26N4O2/c1-22-21(23-14-17-13-16-7-2-3-8-19(16)27-17)24-15-18(20-9-6-12-26-20)25-10-4-5-11-25/h2-3,6-9,12-13,18H,4-5,10-11,14-15H2,1H3,(H2,22,23,24). The van der Waals surface area contributed by atoms with E-state index in [-0.39, 0.29) is 6.04 Å². The van der Waals surface area contributed by atoms with Crippen LogP contribution in [0.15, 0.2) is 62.6 Å². The minimum absolute atomic E-state index is 0.215. The molecule has 3 heterocycles. The Morgan fingerprint density at radius 3 is 2.74 bits per heavy atom. The fourth-order valence-corrected chi connectivity index (χ4v) is 3.65. The van der Waals surface area contributed by atoms with Gasteiger partial charge in [0.15, 0.2) is 5.96 Å². The van der Waals surface area contributed by atoms with E-state index in [2.05, 4.69) is 38.7 Å². The van der Waals surface area contributed by atoms with Gasteiger partial charge in [0.25, 0.3) is 0 Å². The molecule has 6 heteroatoms. The van der Waals surface area contributed by atoms with Crippen LogP contribution in [0, 0.1) is 0 Å². The van der Waals surface area contributed by atoms with Crippen molar-refractivity contribution in [3.63, 3.8) is 0 Å². The minimum Gasteiger partial charge on any atom is -0.468 e. The first kappa shape index (κ1) is 17.7. The Bertz CT molecular complexity index is 846. The molecule has 6 nitrogen and oxygen atoms in total. The summed E-state index contributed by atoms with van der Waals surface area (Å²) < 4.78 is 11.5. The Labute approximate surface area is 159 Å². The Hall–Kier alpha value is -2.73. The lowest BCUT2D eigenvalue weighted by Gasteiger charge is -2.26. The number of furan rings is 2. The number of nitrogens with one attached hydrogen (secondary N) is 2. The number of rotatable bonds is 6. The van der Waals surface area contributed by atoms with Crippen LogP contribution in [0.5, 0.6) is 0 Å². The summed E-state index contributed by atoms with van der Waals surface area (Å²) in [5.74, 6) is 2.64. The summed E-state index contributed by atoms with van der Waals surface area (Å²) in [4.78, 5) is 6.81. The molecule has 1 aromatic carbocycles. The third-order valence-electron chi connectivity index (χ3n) is 5.05.